The molecular weight excluding hydrogens is 248 g/mol. The van der Waals surface area contributed by atoms with Gasteiger partial charge in [0.2, 0.25) is 0 Å². The van der Waals surface area contributed by atoms with Crippen molar-refractivity contribution in [2.75, 3.05) is 13.2 Å². The molecule has 0 amide bonds. The molecule has 2 aliphatic rings. The van der Waals surface area contributed by atoms with Crippen molar-refractivity contribution in [2.24, 2.45) is 0 Å². The Morgan fingerprint density at radius 3 is 3.10 bits per heavy atom. The number of likely N-dealkylation sites (N-methyl/N-ethyl adjacent to an activating group) is 1. The van der Waals surface area contributed by atoms with Gasteiger partial charge in [0.25, 0.3) is 0 Å². The first-order valence-electron chi connectivity index (χ1n) is 8.19. The van der Waals surface area contributed by atoms with Gasteiger partial charge in [-0.3, -0.25) is 4.98 Å². The van der Waals surface area contributed by atoms with Crippen molar-refractivity contribution in [3.05, 3.63) is 29.6 Å². The molecule has 3 nitrogen and oxygen atoms in total. The van der Waals surface area contributed by atoms with Crippen molar-refractivity contribution in [1.29, 1.82) is 0 Å². The van der Waals surface area contributed by atoms with Gasteiger partial charge in [0.1, 0.15) is 0 Å². The molecule has 1 aliphatic carbocycles. The number of pyridine rings is 1. The third-order valence-electron chi connectivity index (χ3n) is 4.73. The summed E-state index contributed by atoms with van der Waals surface area (Å²) in [6.07, 6.45) is 9.71. The summed E-state index contributed by atoms with van der Waals surface area (Å²) in [7, 11) is 0. The number of nitrogens with zero attached hydrogens (tertiary/aromatic N) is 1. The molecule has 3 unspecified atom stereocenters. The lowest BCUT2D eigenvalue weighted by molar-refractivity contribution is -0.0148. The average molecular weight is 274 g/mol. The molecule has 0 spiro atoms. The van der Waals surface area contributed by atoms with Gasteiger partial charge in [-0.15, -0.1) is 0 Å². The summed E-state index contributed by atoms with van der Waals surface area (Å²) in [5.41, 5.74) is 2.77. The average Bonchev–Trinajstić information content (AvgIpc) is 2.53. The summed E-state index contributed by atoms with van der Waals surface area (Å²) in [5.74, 6) is 0.517. The standard InChI is InChI=1S/C17H26N2O/c1-2-18-17(15-10-3-4-12-20-15)14-9-5-7-13-8-6-11-19-16(13)14/h6,8,11,14-15,17-18H,2-5,7,9-10,12H2,1H3. The zero-order valence-electron chi connectivity index (χ0n) is 12.5. The van der Waals surface area contributed by atoms with E-state index in [1.807, 2.05) is 6.20 Å². The zero-order valence-corrected chi connectivity index (χ0v) is 12.5. The third kappa shape index (κ3) is 2.89. The molecule has 0 radical (unpaired) electrons. The molecule has 1 saturated heterocycles. The van der Waals surface area contributed by atoms with Crippen molar-refractivity contribution >= 4 is 0 Å². The molecule has 0 saturated carbocycles. The van der Waals surface area contributed by atoms with E-state index in [9.17, 15) is 0 Å². The predicted molar refractivity (Wildman–Crippen MR) is 81.0 cm³/mol. The summed E-state index contributed by atoms with van der Waals surface area (Å²) >= 11 is 0. The van der Waals surface area contributed by atoms with Gasteiger partial charge in [-0.05, 0) is 56.7 Å². The minimum Gasteiger partial charge on any atom is -0.377 e. The predicted octanol–water partition coefficient (Wildman–Crippen LogP) is 3.05. The van der Waals surface area contributed by atoms with Crippen LogP contribution >= 0.6 is 0 Å². The molecule has 1 N–H and O–H groups in total. The fourth-order valence-electron chi connectivity index (χ4n) is 3.81. The zero-order chi connectivity index (χ0) is 13.8. The molecule has 110 valence electrons. The molecule has 1 aliphatic heterocycles. The minimum absolute atomic E-state index is 0.363. The van der Waals surface area contributed by atoms with Crippen LogP contribution in [0.15, 0.2) is 18.3 Å². The number of nitrogens with one attached hydrogen (secondary N) is 1. The lowest BCUT2D eigenvalue weighted by Gasteiger charge is -2.38. The Balaban J connectivity index is 1.84. The molecule has 2 heterocycles. The Morgan fingerprint density at radius 2 is 2.30 bits per heavy atom. The summed E-state index contributed by atoms with van der Waals surface area (Å²) in [4.78, 5) is 4.70. The SMILES string of the molecule is CCNC(C1CCCCO1)C1CCCc2cccnc21. The number of hydrogen-bond donors (Lipinski definition) is 1. The quantitative estimate of drug-likeness (QED) is 0.916. The van der Waals surface area contributed by atoms with Gasteiger partial charge in [0.05, 0.1) is 6.10 Å². The number of rotatable bonds is 4. The van der Waals surface area contributed by atoms with Crippen molar-refractivity contribution < 1.29 is 4.74 Å². The van der Waals surface area contributed by atoms with E-state index in [1.165, 1.54) is 49.8 Å². The van der Waals surface area contributed by atoms with E-state index in [-0.39, 0.29) is 0 Å². The van der Waals surface area contributed by atoms with Crippen LogP contribution in [-0.2, 0) is 11.2 Å². The van der Waals surface area contributed by atoms with Gasteiger partial charge in [0, 0.05) is 30.5 Å². The van der Waals surface area contributed by atoms with Gasteiger partial charge < -0.3 is 10.1 Å². The molecule has 20 heavy (non-hydrogen) atoms. The van der Waals surface area contributed by atoms with Gasteiger partial charge in [-0.1, -0.05) is 13.0 Å². The van der Waals surface area contributed by atoms with E-state index in [4.69, 9.17) is 9.72 Å². The van der Waals surface area contributed by atoms with Crippen molar-refractivity contribution in [2.45, 2.75) is 63.5 Å². The summed E-state index contributed by atoms with van der Waals surface area (Å²) in [5, 5.41) is 3.70. The van der Waals surface area contributed by atoms with E-state index < -0.39 is 0 Å². The lowest BCUT2D eigenvalue weighted by Crippen LogP contribution is -2.47. The van der Waals surface area contributed by atoms with Crippen LogP contribution < -0.4 is 5.32 Å². The molecular formula is C17H26N2O. The molecule has 0 bridgehead atoms. The number of hydrogen-bond acceptors (Lipinski definition) is 3. The van der Waals surface area contributed by atoms with Crippen molar-refractivity contribution in [1.82, 2.24) is 10.3 Å². The molecule has 3 atom stereocenters. The van der Waals surface area contributed by atoms with Crippen LogP contribution in [0.5, 0.6) is 0 Å². The Hall–Kier alpha value is -0.930. The van der Waals surface area contributed by atoms with E-state index in [2.05, 4.69) is 24.4 Å². The van der Waals surface area contributed by atoms with Gasteiger partial charge in [0.15, 0.2) is 0 Å². The van der Waals surface area contributed by atoms with Gasteiger partial charge in [-0.25, -0.2) is 0 Å². The van der Waals surface area contributed by atoms with Crippen LogP contribution in [0.4, 0.5) is 0 Å². The Kier molecular flexibility index (Phi) is 4.69. The van der Waals surface area contributed by atoms with Crippen LogP contribution in [0.1, 0.15) is 56.2 Å². The second-order valence-corrected chi connectivity index (χ2v) is 6.03. The Morgan fingerprint density at radius 1 is 1.35 bits per heavy atom. The largest absolute Gasteiger partial charge is 0.377 e. The number of aromatic nitrogens is 1. The Bertz CT molecular complexity index is 429. The van der Waals surface area contributed by atoms with E-state index in [0.29, 0.717) is 18.1 Å². The second kappa shape index (κ2) is 6.68. The summed E-state index contributed by atoms with van der Waals surface area (Å²) in [6.45, 7) is 4.12. The Labute approximate surface area is 122 Å². The van der Waals surface area contributed by atoms with E-state index in [1.54, 1.807) is 0 Å². The van der Waals surface area contributed by atoms with Gasteiger partial charge in [-0.2, -0.15) is 0 Å². The van der Waals surface area contributed by atoms with E-state index >= 15 is 0 Å². The monoisotopic (exact) mass is 274 g/mol. The first-order valence-corrected chi connectivity index (χ1v) is 8.19. The fraction of sp³-hybridized carbons (Fsp3) is 0.706. The smallest absolute Gasteiger partial charge is 0.0734 e. The molecule has 3 heteroatoms. The van der Waals surface area contributed by atoms with Crippen LogP contribution in [0.2, 0.25) is 0 Å². The molecule has 3 rings (SSSR count). The lowest BCUT2D eigenvalue weighted by atomic mass is 9.79. The maximum Gasteiger partial charge on any atom is 0.0734 e. The maximum absolute atomic E-state index is 6.07. The van der Waals surface area contributed by atoms with E-state index in [0.717, 1.165) is 13.2 Å². The van der Waals surface area contributed by atoms with Crippen molar-refractivity contribution in [3.8, 4) is 0 Å². The highest BCUT2D eigenvalue weighted by atomic mass is 16.5. The molecule has 1 aromatic rings. The second-order valence-electron chi connectivity index (χ2n) is 6.03. The van der Waals surface area contributed by atoms with Crippen LogP contribution in [-0.4, -0.2) is 30.3 Å². The summed E-state index contributed by atoms with van der Waals surface area (Å²) < 4.78 is 6.07. The molecule has 1 aromatic heterocycles. The number of aryl methyl sites for hydroxylation is 1. The summed E-state index contributed by atoms with van der Waals surface area (Å²) in [6, 6.07) is 4.74. The number of ether oxygens (including phenoxy) is 1. The highest BCUT2D eigenvalue weighted by Crippen LogP contribution is 2.35. The first kappa shape index (κ1) is 14.0. The maximum atomic E-state index is 6.07. The third-order valence-corrected chi connectivity index (χ3v) is 4.73. The first-order chi connectivity index (χ1) is 9.90. The normalized spacial score (nSPS) is 27.9. The van der Waals surface area contributed by atoms with Crippen molar-refractivity contribution in [3.63, 3.8) is 0 Å². The van der Waals surface area contributed by atoms with Gasteiger partial charge >= 0.3 is 0 Å². The number of fused-ring (bicyclic) bond motifs is 1. The topological polar surface area (TPSA) is 34.1 Å². The highest BCUT2D eigenvalue weighted by molar-refractivity contribution is 5.27. The van der Waals surface area contributed by atoms with Crippen LogP contribution in [0.25, 0.3) is 0 Å². The van der Waals surface area contributed by atoms with Crippen LogP contribution in [0.3, 0.4) is 0 Å². The minimum atomic E-state index is 0.363. The fourth-order valence-corrected chi connectivity index (χ4v) is 3.81. The molecule has 0 aromatic carbocycles. The molecule has 1 fully saturated rings. The van der Waals surface area contributed by atoms with Crippen LogP contribution in [0, 0.1) is 0 Å². The highest BCUT2D eigenvalue weighted by Gasteiger charge is 2.34.